The van der Waals surface area contributed by atoms with E-state index in [9.17, 15) is 9.59 Å². The maximum atomic E-state index is 13.3. The third-order valence-corrected chi connectivity index (χ3v) is 8.10. The van der Waals surface area contributed by atoms with Gasteiger partial charge in [-0.3, -0.25) is 9.69 Å². The molecule has 2 aromatic rings. The summed E-state index contributed by atoms with van der Waals surface area (Å²) in [4.78, 5) is 28.1. The molecule has 2 aliphatic heterocycles. The molecule has 5 rings (SSSR count). The summed E-state index contributed by atoms with van der Waals surface area (Å²) in [5, 5.41) is 0. The van der Waals surface area contributed by atoms with Crippen LogP contribution < -0.4 is 0 Å². The molecule has 0 N–H and O–H groups in total. The second-order valence-corrected chi connectivity index (χ2v) is 10.4. The number of benzene rings is 2. The molecular formula is C31H37NO4. The Morgan fingerprint density at radius 3 is 2.17 bits per heavy atom. The van der Waals surface area contributed by atoms with Crippen molar-refractivity contribution in [1.29, 1.82) is 0 Å². The second kappa shape index (κ2) is 11.4. The average molecular weight is 488 g/mol. The molecule has 36 heavy (non-hydrogen) atoms. The number of morpholine rings is 1. The summed E-state index contributed by atoms with van der Waals surface area (Å²) >= 11 is 0. The van der Waals surface area contributed by atoms with Crippen LogP contribution in [0.5, 0.6) is 0 Å². The number of Topliss-reactive ketones (excluding diaryl/α,β-unsaturated/α-hetero) is 1. The molecule has 0 spiro atoms. The van der Waals surface area contributed by atoms with Crippen molar-refractivity contribution in [3.05, 3.63) is 72.3 Å². The number of hydrogen-bond donors (Lipinski definition) is 0. The number of rotatable bonds is 10. The van der Waals surface area contributed by atoms with Crippen LogP contribution in [-0.2, 0) is 14.3 Å². The average Bonchev–Trinajstić information content (AvgIpc) is 3.22. The van der Waals surface area contributed by atoms with E-state index < -0.39 is 0 Å². The molecule has 2 unspecified atom stereocenters. The number of ether oxygens (including phenoxy) is 2. The number of unbranched alkanes of at least 4 members (excludes halogenated alkanes) is 4. The molecule has 0 radical (unpaired) electrons. The van der Waals surface area contributed by atoms with Crippen molar-refractivity contribution in [3.63, 3.8) is 0 Å². The van der Waals surface area contributed by atoms with Gasteiger partial charge in [-0.25, -0.2) is 4.79 Å². The minimum Gasteiger partial charge on any atom is -0.448 e. The lowest BCUT2D eigenvalue weighted by Gasteiger charge is -2.47. The topological polar surface area (TPSA) is 55.8 Å². The van der Waals surface area contributed by atoms with Crippen molar-refractivity contribution in [1.82, 2.24) is 4.90 Å². The Morgan fingerprint density at radius 2 is 1.53 bits per heavy atom. The minimum absolute atomic E-state index is 0.0229. The summed E-state index contributed by atoms with van der Waals surface area (Å²) in [5.74, 6) is 0.417. The van der Waals surface area contributed by atoms with Gasteiger partial charge in [-0.05, 0) is 54.4 Å². The van der Waals surface area contributed by atoms with Gasteiger partial charge in [-0.2, -0.15) is 0 Å². The van der Waals surface area contributed by atoms with Gasteiger partial charge in [0.15, 0.2) is 0 Å². The van der Waals surface area contributed by atoms with Crippen LogP contribution in [0.2, 0.25) is 0 Å². The predicted molar refractivity (Wildman–Crippen MR) is 141 cm³/mol. The number of amides is 1. The Balaban J connectivity index is 1.18. The fourth-order valence-corrected chi connectivity index (χ4v) is 6.29. The molecule has 2 bridgehead atoms. The third-order valence-electron chi connectivity index (χ3n) is 8.10. The molecule has 3 aliphatic rings. The zero-order valence-corrected chi connectivity index (χ0v) is 21.1. The molecule has 1 aliphatic carbocycles. The normalized spacial score (nSPS) is 22.6. The molecule has 2 atom stereocenters. The van der Waals surface area contributed by atoms with Crippen LogP contribution in [-0.4, -0.2) is 48.7 Å². The van der Waals surface area contributed by atoms with Gasteiger partial charge in [0.05, 0.1) is 25.3 Å². The van der Waals surface area contributed by atoms with Crippen molar-refractivity contribution in [3.8, 4) is 11.1 Å². The highest BCUT2D eigenvalue weighted by Gasteiger charge is 2.44. The number of ketones is 1. The molecule has 2 fully saturated rings. The zero-order chi connectivity index (χ0) is 24.9. The Labute approximate surface area is 214 Å². The third kappa shape index (κ3) is 5.12. The highest BCUT2D eigenvalue weighted by atomic mass is 16.6. The zero-order valence-electron chi connectivity index (χ0n) is 21.1. The van der Waals surface area contributed by atoms with Crippen LogP contribution in [0.4, 0.5) is 4.79 Å². The fraction of sp³-hybridized carbons (Fsp3) is 0.484. The van der Waals surface area contributed by atoms with E-state index in [2.05, 4.69) is 43.0 Å². The first-order valence-corrected chi connectivity index (χ1v) is 13.5. The number of hydrogen-bond acceptors (Lipinski definition) is 4. The molecule has 190 valence electrons. The van der Waals surface area contributed by atoms with E-state index in [0.29, 0.717) is 44.9 Å². The van der Waals surface area contributed by atoms with Crippen LogP contribution in [0.1, 0.15) is 68.4 Å². The Morgan fingerprint density at radius 1 is 0.917 bits per heavy atom. The van der Waals surface area contributed by atoms with Gasteiger partial charge >= 0.3 is 6.09 Å². The first-order valence-electron chi connectivity index (χ1n) is 13.5. The Hall–Kier alpha value is -2.92. The second-order valence-electron chi connectivity index (χ2n) is 10.4. The number of carbonyl (C=O) groups excluding carboxylic acids is 2. The van der Waals surface area contributed by atoms with Crippen molar-refractivity contribution in [2.45, 2.75) is 69.4 Å². The predicted octanol–water partition coefficient (Wildman–Crippen LogP) is 6.51. The quantitative estimate of drug-likeness (QED) is 0.283. The molecule has 2 aromatic carbocycles. The van der Waals surface area contributed by atoms with Crippen LogP contribution in [0, 0.1) is 5.92 Å². The van der Waals surface area contributed by atoms with Gasteiger partial charge in [-0.1, -0.05) is 67.4 Å². The van der Waals surface area contributed by atoms with E-state index in [1.165, 1.54) is 22.3 Å². The molecule has 2 heterocycles. The summed E-state index contributed by atoms with van der Waals surface area (Å²) < 4.78 is 11.7. The van der Waals surface area contributed by atoms with E-state index in [-0.39, 0.29) is 30.0 Å². The molecule has 2 saturated heterocycles. The lowest BCUT2D eigenvalue weighted by Crippen LogP contribution is -2.60. The summed E-state index contributed by atoms with van der Waals surface area (Å²) in [6.45, 7) is 5.04. The largest absolute Gasteiger partial charge is 0.448 e. The molecular weight excluding hydrogens is 450 g/mol. The summed E-state index contributed by atoms with van der Waals surface area (Å²) in [5.41, 5.74) is 4.87. The first-order chi connectivity index (χ1) is 17.7. The lowest BCUT2D eigenvalue weighted by atomic mass is 9.81. The standard InChI is InChI=1S/C31H37NO4/c1-2-3-4-5-6-7-16-30(33)22-17-23-19-35-20-24(18-22)32(23)31(34)36-21-29-27-14-10-8-12-25(27)26-13-9-11-15-28(26)29/h2,8-15,22-24,29H,1,3-7,16-21H2. The van der Waals surface area contributed by atoms with Gasteiger partial charge in [0.2, 0.25) is 0 Å². The van der Waals surface area contributed by atoms with Crippen LogP contribution in [0.15, 0.2) is 61.2 Å². The first kappa shape index (κ1) is 24.8. The SMILES string of the molecule is C=CCCCCCCC(=O)C1CC2COCC(C1)N2C(=O)OCC1c2ccccc2-c2ccccc21. The molecule has 5 heteroatoms. The number of allylic oxidation sites excluding steroid dienone is 1. The van der Waals surface area contributed by atoms with Crippen LogP contribution in [0.3, 0.4) is 0 Å². The summed E-state index contributed by atoms with van der Waals surface area (Å²) in [6.07, 6.45) is 9.07. The van der Waals surface area contributed by atoms with E-state index in [1.807, 2.05) is 23.1 Å². The molecule has 0 saturated carbocycles. The number of carbonyl (C=O) groups is 2. The Bertz CT molecular complexity index is 1040. The lowest BCUT2D eigenvalue weighted by molar-refractivity contribution is -0.131. The number of fused-ring (bicyclic) bond motifs is 5. The van der Waals surface area contributed by atoms with Gasteiger partial charge in [0.1, 0.15) is 12.4 Å². The maximum Gasteiger partial charge on any atom is 0.410 e. The summed E-state index contributed by atoms with van der Waals surface area (Å²) in [6, 6.07) is 16.6. The molecule has 0 aromatic heterocycles. The van der Waals surface area contributed by atoms with Gasteiger partial charge < -0.3 is 9.47 Å². The molecule has 1 amide bonds. The van der Waals surface area contributed by atoms with Crippen LogP contribution >= 0.6 is 0 Å². The van der Waals surface area contributed by atoms with E-state index in [1.54, 1.807) is 0 Å². The Kier molecular flexibility index (Phi) is 7.86. The van der Waals surface area contributed by atoms with Crippen molar-refractivity contribution >= 4 is 11.9 Å². The van der Waals surface area contributed by atoms with Crippen molar-refractivity contribution < 1.29 is 19.1 Å². The van der Waals surface area contributed by atoms with E-state index in [4.69, 9.17) is 9.47 Å². The monoisotopic (exact) mass is 487 g/mol. The smallest absolute Gasteiger partial charge is 0.410 e. The maximum absolute atomic E-state index is 13.3. The number of nitrogens with zero attached hydrogens (tertiary/aromatic N) is 1. The summed E-state index contributed by atoms with van der Waals surface area (Å²) in [7, 11) is 0. The van der Waals surface area contributed by atoms with E-state index >= 15 is 0 Å². The van der Waals surface area contributed by atoms with Crippen molar-refractivity contribution in [2.24, 2.45) is 5.92 Å². The fourth-order valence-electron chi connectivity index (χ4n) is 6.29. The van der Waals surface area contributed by atoms with Gasteiger partial charge in [0, 0.05) is 18.3 Å². The number of piperidine rings is 1. The highest BCUT2D eigenvalue weighted by molar-refractivity contribution is 5.82. The minimum atomic E-state index is -0.275. The highest BCUT2D eigenvalue weighted by Crippen LogP contribution is 2.44. The van der Waals surface area contributed by atoms with Gasteiger partial charge in [-0.15, -0.1) is 6.58 Å². The van der Waals surface area contributed by atoms with Gasteiger partial charge in [0.25, 0.3) is 0 Å². The van der Waals surface area contributed by atoms with Crippen molar-refractivity contribution in [2.75, 3.05) is 19.8 Å². The van der Waals surface area contributed by atoms with Crippen LogP contribution in [0.25, 0.3) is 11.1 Å². The van der Waals surface area contributed by atoms with E-state index in [0.717, 1.165) is 32.1 Å². The molecule has 5 nitrogen and oxygen atoms in total.